The summed E-state index contributed by atoms with van der Waals surface area (Å²) in [7, 11) is 3.26. The van der Waals surface area contributed by atoms with Crippen LogP contribution >= 0.6 is 90.7 Å². The summed E-state index contributed by atoms with van der Waals surface area (Å²) in [5.41, 5.74) is 2.43. The molecule has 0 saturated carbocycles. The number of thiophene rings is 8. The second-order valence-electron chi connectivity index (χ2n) is 20.2. The van der Waals surface area contributed by atoms with Gasteiger partial charge in [0.05, 0.1) is 62.9 Å². The lowest BCUT2D eigenvalue weighted by atomic mass is 10.2. The Bertz CT molecular complexity index is 4500. The van der Waals surface area contributed by atoms with Crippen molar-refractivity contribution >= 4 is 102 Å². The fraction of sp³-hybridized carbons (Fsp3) is 0.235. The van der Waals surface area contributed by atoms with Crippen LogP contribution in [0.2, 0.25) is 0 Å². The van der Waals surface area contributed by atoms with Crippen molar-refractivity contribution in [1.82, 2.24) is 0 Å². The molecule has 0 atom stereocenters. The van der Waals surface area contributed by atoms with Gasteiger partial charge in [0.25, 0.3) is 5.95 Å². The molecule has 16 aromatic heterocycles. The van der Waals surface area contributed by atoms with Gasteiger partial charge in [0.15, 0.2) is 57.0 Å². The van der Waals surface area contributed by atoms with Gasteiger partial charge < -0.3 is 44.8 Å². The first-order chi connectivity index (χ1) is 60.2. The molecule has 122 heavy (non-hydrogen) atoms. The van der Waals surface area contributed by atoms with Crippen LogP contribution in [0.3, 0.4) is 0 Å². The maximum Gasteiger partial charge on any atom is 0.284 e. The van der Waals surface area contributed by atoms with Crippen molar-refractivity contribution in [3.63, 3.8) is 0 Å². The Morgan fingerprint density at radius 2 is 0.607 bits per heavy atom. The minimum atomic E-state index is -0.0854. The van der Waals surface area contributed by atoms with Gasteiger partial charge in [0, 0.05) is 52.7 Å². The average molecular weight is 1800 g/mol. The normalized spacial score (nSPS) is 8.72. The Morgan fingerprint density at radius 3 is 0.902 bits per heavy atom. The van der Waals surface area contributed by atoms with Crippen LogP contribution in [-0.4, -0.2) is 25.8 Å². The highest BCUT2D eigenvalue weighted by molar-refractivity contribution is 7.23. The van der Waals surface area contributed by atoms with Gasteiger partial charge in [-0.3, -0.25) is 9.59 Å². The summed E-state index contributed by atoms with van der Waals surface area (Å²) in [5, 5.41) is 15.5. The third kappa shape index (κ3) is 46.9. The molecule has 20 heteroatoms. The van der Waals surface area contributed by atoms with Gasteiger partial charge in [-0.1, -0.05) is 253 Å². The summed E-state index contributed by atoms with van der Waals surface area (Å²) in [6.45, 7) is 43.1. The molecule has 2 aromatic carbocycles. The molecule has 18 rings (SSSR count). The van der Waals surface area contributed by atoms with E-state index >= 15 is 0 Å². The molecule has 18 aromatic rings. The quantitative estimate of drug-likeness (QED) is 0.107. The van der Waals surface area contributed by atoms with E-state index in [1.54, 1.807) is 192 Å². The van der Waals surface area contributed by atoms with E-state index in [4.69, 9.17) is 40.4 Å². The summed E-state index contributed by atoms with van der Waals surface area (Å²) >= 11 is 13.8. The third-order valence-corrected chi connectivity index (χ3v) is 21.0. The molecule has 0 unspecified atom stereocenters. The molecule has 16 heterocycles. The van der Waals surface area contributed by atoms with Crippen molar-refractivity contribution in [1.29, 1.82) is 0 Å². The van der Waals surface area contributed by atoms with Crippen molar-refractivity contribution < 1.29 is 54.4 Å². The number of furan rings is 8. The number of ether oxygens (including phenoxy) is 2. The van der Waals surface area contributed by atoms with Gasteiger partial charge in [0.1, 0.15) is 5.76 Å². The minimum Gasteiger partial charge on any atom is -0.487 e. The zero-order chi connectivity index (χ0) is 91.0. The number of carbonyl (C=O) groups is 2. The van der Waals surface area contributed by atoms with Crippen LogP contribution in [0.5, 0.6) is 11.0 Å². The number of benzene rings is 2. The van der Waals surface area contributed by atoms with Crippen molar-refractivity contribution in [2.24, 2.45) is 0 Å². The second-order valence-corrected chi connectivity index (χ2v) is 27.9. The maximum absolute atomic E-state index is 11.0. The molecule has 0 N–H and O–H groups in total. The molecule has 656 valence electrons. The molecule has 0 aliphatic heterocycles. The van der Waals surface area contributed by atoms with Crippen molar-refractivity contribution in [3.05, 3.63) is 347 Å². The van der Waals surface area contributed by atoms with Crippen molar-refractivity contribution in [3.8, 4) is 96.6 Å². The molecule has 0 spiro atoms. The number of ketones is 2. The van der Waals surface area contributed by atoms with Crippen LogP contribution in [0.15, 0.2) is 372 Å². The smallest absolute Gasteiger partial charge is 0.284 e. The molecular weight excluding hydrogens is 1670 g/mol. The Balaban J connectivity index is 0. The number of rotatable bonds is 12. The van der Waals surface area contributed by atoms with Crippen LogP contribution in [0.1, 0.15) is 173 Å². The highest BCUT2D eigenvalue weighted by atomic mass is 32.1. The van der Waals surface area contributed by atoms with Crippen LogP contribution in [-0.2, 0) is 0 Å². The van der Waals surface area contributed by atoms with Crippen LogP contribution in [0.4, 0.5) is 0 Å². The third-order valence-electron chi connectivity index (χ3n) is 13.1. The largest absolute Gasteiger partial charge is 0.487 e. The number of hydrogen-bond acceptors (Lipinski definition) is 20. The molecule has 12 nitrogen and oxygen atoms in total. The zero-order valence-corrected chi connectivity index (χ0v) is 82.0. The van der Waals surface area contributed by atoms with Gasteiger partial charge in [-0.25, -0.2) is 0 Å². The van der Waals surface area contributed by atoms with E-state index in [1.807, 2.05) is 288 Å². The lowest BCUT2D eigenvalue weighted by Crippen LogP contribution is -1.85. The molecule has 0 radical (unpaired) electrons. The Hall–Kier alpha value is -10.8. The molecular formula is C102H128O12S8. The zero-order valence-electron chi connectivity index (χ0n) is 75.5. The summed E-state index contributed by atoms with van der Waals surface area (Å²) in [5.74, 6) is 5.96. The molecule has 0 aliphatic carbocycles. The molecule has 0 bridgehead atoms. The first kappa shape index (κ1) is 113. The van der Waals surface area contributed by atoms with Gasteiger partial charge in [0.2, 0.25) is 0 Å². The van der Waals surface area contributed by atoms with Gasteiger partial charge >= 0.3 is 0 Å². The highest BCUT2D eigenvalue weighted by Crippen LogP contribution is 2.36. The number of hydrogen-bond donors (Lipinski definition) is 0. The van der Waals surface area contributed by atoms with Crippen molar-refractivity contribution in [2.75, 3.05) is 14.2 Å². The van der Waals surface area contributed by atoms with E-state index in [-0.39, 0.29) is 11.6 Å². The predicted molar refractivity (Wildman–Crippen MR) is 536 cm³/mol. The predicted octanol–water partition coefficient (Wildman–Crippen LogP) is 38.1. The van der Waals surface area contributed by atoms with Crippen molar-refractivity contribution in [2.45, 2.75) is 152 Å². The highest BCUT2D eigenvalue weighted by Gasteiger charge is 2.11. The van der Waals surface area contributed by atoms with E-state index in [1.165, 1.54) is 46.6 Å². The monoisotopic (exact) mass is 1800 g/mol. The van der Waals surface area contributed by atoms with E-state index in [9.17, 15) is 9.59 Å². The van der Waals surface area contributed by atoms with E-state index in [2.05, 4.69) is 111 Å². The Kier molecular flexibility index (Phi) is 73.1. The molecule has 0 saturated heterocycles. The summed E-state index contributed by atoms with van der Waals surface area (Å²) in [6.07, 6.45) is 11.3. The molecule has 0 aliphatic rings. The summed E-state index contributed by atoms with van der Waals surface area (Å²) < 4.78 is 50.7. The maximum atomic E-state index is 11.0. The van der Waals surface area contributed by atoms with Crippen LogP contribution in [0.25, 0.3) is 85.6 Å². The van der Waals surface area contributed by atoms with E-state index in [0.29, 0.717) is 34.7 Å². The SMILES string of the molecule is CC.CC.CC.CC.CC.CC.CC.CC.CC.CC.CC(=O)c1ccc(-c2ccco2)o1.CC(=O)c1ccc(-c2cccs2)s1.COc1ccc(-c2ccco2)o1.COc1ccc(-c2cccs2)s1.c1ccc(-c2ccco2)cc1.c1ccc(-c2cccs2)cc1.c1ccoc1.c1ccsc1.c1coc(-c2ccco2)c1.c1csc(-c2cccs2)c1. The van der Waals surface area contributed by atoms with Crippen LogP contribution < -0.4 is 9.47 Å². The van der Waals surface area contributed by atoms with Gasteiger partial charge in [-0.2, -0.15) is 11.3 Å². The summed E-state index contributed by atoms with van der Waals surface area (Å²) in [6, 6.07) is 82.4. The van der Waals surface area contributed by atoms with E-state index in [0.717, 1.165) is 32.8 Å². The molecule has 0 amide bonds. The fourth-order valence-electron chi connectivity index (χ4n) is 8.34. The number of carbonyl (C=O) groups excluding carboxylic acids is 2. The lowest BCUT2D eigenvalue weighted by molar-refractivity contribution is 0.0985. The first-order valence-electron chi connectivity index (χ1n) is 41.1. The number of methoxy groups -OCH3 is 2. The van der Waals surface area contributed by atoms with Crippen LogP contribution in [0, 0.1) is 0 Å². The first-order valence-corrected chi connectivity index (χ1v) is 48.1. The lowest BCUT2D eigenvalue weighted by Gasteiger charge is -1.93. The molecule has 0 fully saturated rings. The average Bonchev–Trinajstić information content (AvgIpc) is 1.73. The van der Waals surface area contributed by atoms with Gasteiger partial charge in [-0.05, 0) is 196 Å². The Labute approximate surface area is 760 Å². The number of Topliss-reactive ketones (excluding diaryl/α,β-unsaturated/α-hetero) is 2. The topological polar surface area (TPSA) is 158 Å². The second kappa shape index (κ2) is 78.7. The minimum absolute atomic E-state index is 0.0854. The van der Waals surface area contributed by atoms with Gasteiger partial charge in [-0.15, -0.1) is 68.0 Å². The van der Waals surface area contributed by atoms with E-state index < -0.39 is 0 Å². The summed E-state index contributed by atoms with van der Waals surface area (Å²) in [4.78, 5) is 31.9. The standard InChI is InChI=1S/C10H8O3.C10H8OS2.C10H8O.C10H8S.C9H8O3.C9H8OS2.C8H6O2.C8H6S2.C4H4O.C4H4S.10C2H6/c2*1-7(11)8-4-5-10(13-8)9-3-2-6-12-9;2*1-2-5-9(6-3-1)10-7-4-8-11-10;2*1-10-9-5-4-8(12-9)7-3-2-6-11-7;2*1-3-7(9-5-1)8-4-2-6-10-8;2*1-2-4-5-3-1;10*1-2/h2*2-6H,1H3;2*1-8H;2*2-6H,1H3;2*1-6H;2*1-4H;10*1-2H3. The fourth-order valence-corrected chi connectivity index (χ4v) is 14.5. The Morgan fingerprint density at radius 1 is 0.254 bits per heavy atom.